The number of piperazine rings is 2. The molecule has 43 heavy (non-hydrogen) atoms. The fourth-order valence-corrected chi connectivity index (χ4v) is 6.02. The van der Waals surface area contributed by atoms with Crippen LogP contribution in [0.1, 0.15) is 0 Å². The first-order valence-corrected chi connectivity index (χ1v) is 18.2. The Labute approximate surface area is 305 Å². The molecule has 0 aromatic heterocycles. The molecule has 0 unspecified atom stereocenters. The Morgan fingerprint density at radius 1 is 0.581 bits per heavy atom. The number of morpholine rings is 2. The van der Waals surface area contributed by atoms with Gasteiger partial charge in [0.05, 0.1) is 26.4 Å². The molecule has 0 spiro atoms. The molecule has 0 aromatic rings. The van der Waals surface area contributed by atoms with Gasteiger partial charge in [-0.3, -0.25) is 0 Å². The van der Waals surface area contributed by atoms with Crippen molar-refractivity contribution in [3.8, 4) is 0 Å². The Kier molecular flexibility index (Phi) is 20.6. The Balaban J connectivity index is 0.000000275. The van der Waals surface area contributed by atoms with E-state index in [4.69, 9.17) is 90.4 Å². The van der Waals surface area contributed by atoms with Gasteiger partial charge in [-0.1, -0.05) is 0 Å². The Morgan fingerprint density at radius 2 is 0.837 bits per heavy atom. The Morgan fingerprint density at radius 3 is 1.07 bits per heavy atom. The zero-order valence-corrected chi connectivity index (χ0v) is 32.0. The van der Waals surface area contributed by atoms with E-state index in [2.05, 4.69) is 55.9 Å². The van der Waals surface area contributed by atoms with E-state index in [0.717, 1.165) is 78.5 Å². The molecule has 0 aliphatic carbocycles. The minimum atomic E-state index is -2.03. The fourth-order valence-electron chi connectivity index (χ4n) is 4.44. The van der Waals surface area contributed by atoms with Crippen molar-refractivity contribution in [2.75, 3.05) is 105 Å². The number of nitrogens with one attached hydrogen (secondary N) is 2. The van der Waals surface area contributed by atoms with Crippen molar-refractivity contribution in [1.29, 1.82) is 0 Å². The van der Waals surface area contributed by atoms with E-state index in [1.165, 1.54) is 0 Å². The molecular weight excluding hydrogens is 797 g/mol. The number of nitrogens with zero attached hydrogens (tertiary/aromatic N) is 8. The number of ether oxygens (including phenoxy) is 2. The molecule has 0 bridgehead atoms. The number of thiol groups is 2. The van der Waals surface area contributed by atoms with E-state index in [1.54, 1.807) is 20.5 Å². The van der Waals surface area contributed by atoms with E-state index in [1.807, 2.05) is 0 Å². The van der Waals surface area contributed by atoms with Gasteiger partial charge in [-0.05, 0) is 33.1 Å². The van der Waals surface area contributed by atoms with Crippen LogP contribution in [0.15, 0.2) is 0 Å². The molecule has 0 amide bonds. The van der Waals surface area contributed by atoms with E-state index in [9.17, 15) is 0 Å². The molecule has 4 fully saturated rings. The first kappa shape index (κ1) is 39.8. The standard InChI is InChI=1S/2C10H19N5OS4.Mo.2O/c2*17-9(18)14(12-3-1-11-2-4-12)15(10(19)20)13-5-7-16-8-6-13;;;/h2*11H,1-8H2,(H,17,18)(H,19,20);;;/q;;+2;;/p-2. The zero-order chi connectivity index (χ0) is 31.8. The van der Waals surface area contributed by atoms with Gasteiger partial charge < -0.3 is 69.8 Å². The van der Waals surface area contributed by atoms with E-state index < -0.39 is 18.5 Å². The van der Waals surface area contributed by atoms with Crippen molar-refractivity contribution in [3.05, 3.63) is 0 Å². The van der Waals surface area contributed by atoms with Crippen molar-refractivity contribution in [2.24, 2.45) is 0 Å². The number of hydrazine groups is 6. The molecule has 4 saturated heterocycles. The van der Waals surface area contributed by atoms with Gasteiger partial charge >= 0.3 is 25.3 Å². The first-order chi connectivity index (χ1) is 20.6. The third kappa shape index (κ3) is 13.4. The summed E-state index contributed by atoms with van der Waals surface area (Å²) in [7, 11) is 0. The van der Waals surface area contributed by atoms with Crippen LogP contribution in [-0.2, 0) is 60.0 Å². The molecule has 2 N–H and O–H groups in total. The summed E-state index contributed by atoms with van der Waals surface area (Å²) in [5.41, 5.74) is 0. The van der Waals surface area contributed by atoms with Crippen molar-refractivity contribution in [3.63, 3.8) is 0 Å². The first-order valence-electron chi connectivity index (χ1n) is 13.2. The van der Waals surface area contributed by atoms with Crippen LogP contribution in [0, 0.1) is 0 Å². The molecule has 23 heteroatoms. The second-order valence-corrected chi connectivity index (χ2v) is 13.5. The van der Waals surface area contributed by atoms with Crippen molar-refractivity contribution < 1.29 is 34.8 Å². The summed E-state index contributed by atoms with van der Waals surface area (Å²) >= 11 is 38.2. The molecule has 0 aromatic carbocycles. The van der Waals surface area contributed by atoms with Gasteiger partial charge in [0.1, 0.15) is 0 Å². The molecule has 0 atom stereocenters. The summed E-state index contributed by atoms with van der Waals surface area (Å²) < 4.78 is 29.3. The van der Waals surface area contributed by atoms with Gasteiger partial charge in [-0.2, -0.15) is 30.3 Å². The zero-order valence-electron chi connectivity index (χ0n) is 23.3. The number of rotatable bonds is 4. The summed E-state index contributed by atoms with van der Waals surface area (Å²) in [5, 5.41) is 22.1. The third-order valence-electron chi connectivity index (χ3n) is 6.26. The van der Waals surface area contributed by atoms with E-state index in [-0.39, 0.29) is 0 Å². The minimum absolute atomic E-state index is 0.342. The normalized spacial score (nSPS) is 20.1. The van der Waals surface area contributed by atoms with Crippen LogP contribution in [-0.4, -0.2) is 163 Å². The van der Waals surface area contributed by atoms with Gasteiger partial charge in [-0.15, -0.1) is 25.3 Å². The summed E-state index contributed by atoms with van der Waals surface area (Å²) in [6, 6.07) is 0. The van der Waals surface area contributed by atoms with Crippen LogP contribution in [0.5, 0.6) is 0 Å². The number of hydrogen-bond acceptors (Lipinski definition) is 16. The van der Waals surface area contributed by atoms with Gasteiger partial charge in [0, 0.05) is 78.5 Å². The summed E-state index contributed by atoms with van der Waals surface area (Å²) in [5.74, 6) is 0. The van der Waals surface area contributed by atoms with E-state index >= 15 is 0 Å². The molecule has 4 rings (SSSR count). The molecule has 0 radical (unpaired) electrons. The van der Waals surface area contributed by atoms with Crippen LogP contribution in [0.3, 0.4) is 0 Å². The quantitative estimate of drug-likeness (QED) is 0.0916. The third-order valence-corrected chi connectivity index (χ3v) is 7.60. The van der Waals surface area contributed by atoms with Crippen LogP contribution >= 0.6 is 74.1 Å². The predicted molar refractivity (Wildman–Crippen MR) is 185 cm³/mol. The van der Waals surface area contributed by atoms with Crippen LogP contribution < -0.4 is 10.6 Å². The van der Waals surface area contributed by atoms with Gasteiger partial charge in [-0.25, -0.2) is 10.2 Å². The number of hydrogen-bond donors (Lipinski definition) is 4. The molecule has 14 nitrogen and oxygen atoms in total. The molecule has 244 valence electrons. The van der Waals surface area contributed by atoms with Crippen molar-refractivity contribution in [2.45, 2.75) is 0 Å². The summed E-state index contributed by atoms with van der Waals surface area (Å²) in [6.07, 6.45) is 0. The molecule has 0 saturated carbocycles. The average molecular weight is 833 g/mol. The molecule has 4 aliphatic rings. The van der Waals surface area contributed by atoms with Crippen LogP contribution in [0.25, 0.3) is 0 Å². The Bertz CT molecular complexity index is 815. The second-order valence-electron chi connectivity index (χ2n) is 8.86. The number of thiocarbonyl (C=S) groups is 4. The van der Waals surface area contributed by atoms with Crippen LogP contribution in [0.2, 0.25) is 0 Å². The second kappa shape index (κ2) is 22.3. The summed E-state index contributed by atoms with van der Waals surface area (Å²) in [6.45, 7) is 12.5. The van der Waals surface area contributed by atoms with E-state index in [0.29, 0.717) is 43.7 Å². The van der Waals surface area contributed by atoms with Crippen LogP contribution in [0.4, 0.5) is 0 Å². The van der Waals surface area contributed by atoms with Crippen molar-refractivity contribution >= 4 is 117 Å². The summed E-state index contributed by atoms with van der Waals surface area (Å²) in [4.78, 5) is 0. The molecule has 4 heterocycles. The SMILES string of the molecule is S=C([S-])N(N1CCNCC1)N(C(=S)S)N1CCOCC1.S=C([S-])N(N1CCNCC1)N(C(=S)S)N1CCOCC1.[O]=[Mo+2]=[O]. The topological polar surface area (TPSA) is 103 Å². The monoisotopic (exact) mass is 834 g/mol. The maximum atomic E-state index is 8.50. The fraction of sp³-hybridized carbons (Fsp3) is 0.800. The van der Waals surface area contributed by atoms with Gasteiger partial charge in [0.2, 0.25) is 0 Å². The molecule has 4 aliphatic heterocycles. The molecular formula is C20H36MoN10O4S8. The van der Waals surface area contributed by atoms with Gasteiger partial charge in [0.15, 0.2) is 8.64 Å². The van der Waals surface area contributed by atoms with Crippen molar-refractivity contribution in [1.82, 2.24) is 51.1 Å². The Hall–Kier alpha value is 0.668. The van der Waals surface area contributed by atoms with Gasteiger partial charge in [0.25, 0.3) is 0 Å². The maximum absolute atomic E-state index is 8.50. The average Bonchev–Trinajstić information content (AvgIpc) is 3.00. The predicted octanol–water partition coefficient (Wildman–Crippen LogP) is -1.00.